The molecule has 0 spiro atoms. The molecule has 0 bridgehead atoms. The summed E-state index contributed by atoms with van der Waals surface area (Å²) in [5.74, 6) is 0.234. The number of carbonyl (C=O) groups excluding carboxylic acids is 2. The Morgan fingerprint density at radius 2 is 1.72 bits per heavy atom. The lowest BCUT2D eigenvalue weighted by Gasteiger charge is -2.18. The smallest absolute Gasteiger partial charge is 0.279 e. The van der Waals surface area contributed by atoms with Gasteiger partial charge >= 0.3 is 0 Å². The summed E-state index contributed by atoms with van der Waals surface area (Å²) >= 11 is 0. The Morgan fingerprint density at radius 3 is 2.36 bits per heavy atom. The second-order valence-electron chi connectivity index (χ2n) is 7.29. The molecule has 2 fully saturated rings. The molecule has 0 unspecified atom stereocenters. The maximum absolute atomic E-state index is 12.2. The predicted molar refractivity (Wildman–Crippen MR) is 99.6 cm³/mol. The van der Waals surface area contributed by atoms with Crippen LogP contribution < -0.4 is 15.5 Å². The number of rotatable bonds is 5. The van der Waals surface area contributed by atoms with Gasteiger partial charge < -0.3 is 15.5 Å². The third-order valence-electron chi connectivity index (χ3n) is 5.32. The number of nitrogens with two attached hydrogens (primary N) is 1. The quantitative estimate of drug-likeness (QED) is 0.861. The van der Waals surface area contributed by atoms with Gasteiger partial charge in [-0.05, 0) is 56.4 Å². The lowest BCUT2D eigenvalue weighted by atomic mass is 9.97. The Labute approximate surface area is 150 Å². The lowest BCUT2D eigenvalue weighted by molar-refractivity contribution is -0.680. The van der Waals surface area contributed by atoms with Gasteiger partial charge in [-0.3, -0.25) is 9.59 Å². The first kappa shape index (κ1) is 17.9. The summed E-state index contributed by atoms with van der Waals surface area (Å²) in [6.45, 7) is 1.28. The molecule has 3 rings (SSSR count). The van der Waals surface area contributed by atoms with E-state index in [1.54, 1.807) is 0 Å². The number of amides is 2. The number of hydrogen-bond acceptors (Lipinski definition) is 2. The van der Waals surface area contributed by atoms with Crippen molar-refractivity contribution in [2.45, 2.75) is 63.8 Å². The number of hydrogen-bond donors (Lipinski definition) is 2. The zero-order valence-corrected chi connectivity index (χ0v) is 15.0. The Hall–Kier alpha value is -1.88. The topological polar surface area (TPSA) is 66.0 Å². The monoisotopic (exact) mass is 344 g/mol. The molecule has 1 aromatic carbocycles. The van der Waals surface area contributed by atoms with Crippen molar-refractivity contribution < 1.29 is 14.9 Å². The molecule has 2 amide bonds. The van der Waals surface area contributed by atoms with Crippen LogP contribution in [0.15, 0.2) is 24.3 Å². The van der Waals surface area contributed by atoms with Crippen molar-refractivity contribution in [3.63, 3.8) is 0 Å². The second kappa shape index (κ2) is 8.99. The van der Waals surface area contributed by atoms with Crippen LogP contribution >= 0.6 is 0 Å². The van der Waals surface area contributed by atoms with Gasteiger partial charge in [0.25, 0.3) is 5.91 Å². The average Bonchev–Trinajstić information content (AvgIpc) is 3.01. The summed E-state index contributed by atoms with van der Waals surface area (Å²) < 4.78 is 0. The van der Waals surface area contributed by atoms with E-state index in [0.717, 1.165) is 24.3 Å². The molecule has 1 heterocycles. The Morgan fingerprint density at radius 1 is 1.04 bits per heavy atom. The van der Waals surface area contributed by atoms with Gasteiger partial charge in [-0.15, -0.1) is 0 Å². The molecule has 1 aromatic rings. The number of benzene rings is 1. The zero-order chi connectivity index (χ0) is 17.5. The van der Waals surface area contributed by atoms with Gasteiger partial charge in [0, 0.05) is 24.3 Å². The van der Waals surface area contributed by atoms with Crippen LogP contribution in [0.1, 0.15) is 57.8 Å². The van der Waals surface area contributed by atoms with Gasteiger partial charge in [0.15, 0.2) is 6.54 Å². The van der Waals surface area contributed by atoms with Gasteiger partial charge in [-0.2, -0.15) is 0 Å². The molecule has 1 aliphatic carbocycles. The molecule has 1 saturated heterocycles. The number of nitrogens with zero attached hydrogens (tertiary/aromatic N) is 1. The lowest BCUT2D eigenvalue weighted by Crippen LogP contribution is -2.91. The van der Waals surface area contributed by atoms with Crippen LogP contribution in [0.2, 0.25) is 0 Å². The van der Waals surface area contributed by atoms with E-state index in [2.05, 4.69) is 10.6 Å². The maximum atomic E-state index is 12.2. The van der Waals surface area contributed by atoms with Gasteiger partial charge in [-0.25, -0.2) is 0 Å². The summed E-state index contributed by atoms with van der Waals surface area (Å²) in [6, 6.07) is 8.19. The van der Waals surface area contributed by atoms with E-state index in [9.17, 15) is 9.59 Å². The highest BCUT2D eigenvalue weighted by Gasteiger charge is 2.21. The van der Waals surface area contributed by atoms with E-state index in [0.29, 0.717) is 19.0 Å². The SMILES string of the molecule is O=C(C[NH2+]C1CCCCCCC1)Nc1ccc(N2CCCC2=O)cc1. The average molecular weight is 344 g/mol. The van der Waals surface area contributed by atoms with Crippen LogP contribution in [0.25, 0.3) is 0 Å². The molecular formula is C20H30N3O2+. The first-order valence-corrected chi connectivity index (χ1v) is 9.76. The number of quaternary nitrogens is 1. The molecule has 25 heavy (non-hydrogen) atoms. The van der Waals surface area contributed by atoms with Crippen LogP contribution in [0.5, 0.6) is 0 Å². The third kappa shape index (κ3) is 5.30. The molecule has 1 saturated carbocycles. The molecular weight excluding hydrogens is 314 g/mol. The third-order valence-corrected chi connectivity index (χ3v) is 5.32. The highest BCUT2D eigenvalue weighted by Crippen LogP contribution is 2.23. The van der Waals surface area contributed by atoms with Gasteiger partial charge in [0.05, 0.1) is 6.04 Å². The van der Waals surface area contributed by atoms with E-state index >= 15 is 0 Å². The van der Waals surface area contributed by atoms with Crippen molar-refractivity contribution in [1.29, 1.82) is 0 Å². The van der Waals surface area contributed by atoms with Crippen molar-refractivity contribution in [3.8, 4) is 0 Å². The van der Waals surface area contributed by atoms with Crippen molar-refractivity contribution in [2.24, 2.45) is 0 Å². The minimum absolute atomic E-state index is 0.0482. The number of carbonyl (C=O) groups is 2. The Balaban J connectivity index is 1.45. The fourth-order valence-corrected chi connectivity index (χ4v) is 3.86. The minimum Gasteiger partial charge on any atom is -0.336 e. The molecule has 0 atom stereocenters. The molecule has 1 aliphatic heterocycles. The van der Waals surface area contributed by atoms with Crippen LogP contribution in [-0.4, -0.2) is 30.9 Å². The normalized spacial score (nSPS) is 19.5. The zero-order valence-electron chi connectivity index (χ0n) is 15.0. The first-order valence-electron chi connectivity index (χ1n) is 9.76. The predicted octanol–water partition coefficient (Wildman–Crippen LogP) is 2.43. The summed E-state index contributed by atoms with van der Waals surface area (Å²) in [4.78, 5) is 25.8. The number of nitrogens with one attached hydrogen (secondary N) is 1. The van der Waals surface area contributed by atoms with Crippen LogP contribution in [0.4, 0.5) is 11.4 Å². The summed E-state index contributed by atoms with van der Waals surface area (Å²) in [7, 11) is 0. The highest BCUT2D eigenvalue weighted by molar-refractivity contribution is 5.96. The van der Waals surface area contributed by atoms with Crippen LogP contribution in [-0.2, 0) is 9.59 Å². The van der Waals surface area contributed by atoms with E-state index in [1.165, 1.54) is 44.9 Å². The Kier molecular flexibility index (Phi) is 6.45. The fraction of sp³-hybridized carbons (Fsp3) is 0.600. The van der Waals surface area contributed by atoms with Gasteiger partial charge in [0.1, 0.15) is 0 Å². The van der Waals surface area contributed by atoms with Gasteiger partial charge in [-0.1, -0.05) is 19.3 Å². The van der Waals surface area contributed by atoms with E-state index in [4.69, 9.17) is 0 Å². The fourth-order valence-electron chi connectivity index (χ4n) is 3.86. The minimum atomic E-state index is 0.0482. The molecule has 136 valence electrons. The molecule has 2 aliphatic rings. The molecule has 5 nitrogen and oxygen atoms in total. The summed E-state index contributed by atoms with van der Waals surface area (Å²) in [5.41, 5.74) is 1.72. The standard InChI is InChI=1S/C20H29N3O2/c24-19(15-21-16-7-4-2-1-3-5-8-16)22-17-10-12-18(13-11-17)23-14-6-9-20(23)25/h10-13,16,21H,1-9,14-15H2,(H,22,24)/p+1. The van der Waals surface area contributed by atoms with Crippen molar-refractivity contribution >= 4 is 23.2 Å². The largest absolute Gasteiger partial charge is 0.336 e. The van der Waals surface area contributed by atoms with Crippen LogP contribution in [0.3, 0.4) is 0 Å². The van der Waals surface area contributed by atoms with Gasteiger partial charge in [0.2, 0.25) is 5.91 Å². The van der Waals surface area contributed by atoms with Crippen molar-refractivity contribution in [1.82, 2.24) is 0 Å². The van der Waals surface area contributed by atoms with E-state index < -0.39 is 0 Å². The summed E-state index contributed by atoms with van der Waals surface area (Å²) in [5, 5.41) is 5.17. The van der Waals surface area contributed by atoms with Crippen LogP contribution in [0, 0.1) is 0 Å². The van der Waals surface area contributed by atoms with E-state index in [1.807, 2.05) is 29.2 Å². The Bertz CT molecular complexity index is 577. The molecule has 3 N–H and O–H groups in total. The molecule has 0 aromatic heterocycles. The molecule has 0 radical (unpaired) electrons. The maximum Gasteiger partial charge on any atom is 0.279 e. The number of anilines is 2. The summed E-state index contributed by atoms with van der Waals surface area (Å²) in [6.07, 6.45) is 10.6. The van der Waals surface area contributed by atoms with Crippen molar-refractivity contribution in [2.75, 3.05) is 23.3 Å². The molecule has 5 heteroatoms. The van der Waals surface area contributed by atoms with E-state index in [-0.39, 0.29) is 11.8 Å². The highest BCUT2D eigenvalue weighted by atomic mass is 16.2. The van der Waals surface area contributed by atoms with Crippen molar-refractivity contribution in [3.05, 3.63) is 24.3 Å². The second-order valence-corrected chi connectivity index (χ2v) is 7.29. The first-order chi connectivity index (χ1) is 12.2.